The van der Waals surface area contributed by atoms with Crippen molar-refractivity contribution in [2.24, 2.45) is 4.99 Å². The first-order valence-electron chi connectivity index (χ1n) is 8.68. The van der Waals surface area contributed by atoms with Gasteiger partial charge in [0, 0.05) is 18.2 Å². The SMILES string of the molecule is CCNC(=NCc1ccc(OC)cc1OC)NCC(=O)NCc1ccco1.I. The van der Waals surface area contributed by atoms with Gasteiger partial charge in [-0.3, -0.25) is 4.79 Å². The normalized spacial score (nSPS) is 10.6. The second kappa shape index (κ2) is 12.9. The molecule has 28 heavy (non-hydrogen) atoms. The van der Waals surface area contributed by atoms with Gasteiger partial charge in [0.2, 0.25) is 5.91 Å². The van der Waals surface area contributed by atoms with Crippen LogP contribution in [0.15, 0.2) is 46.0 Å². The summed E-state index contributed by atoms with van der Waals surface area (Å²) in [4.78, 5) is 16.5. The molecule has 0 spiro atoms. The maximum Gasteiger partial charge on any atom is 0.239 e. The van der Waals surface area contributed by atoms with Gasteiger partial charge in [0.25, 0.3) is 0 Å². The lowest BCUT2D eigenvalue weighted by Gasteiger charge is -2.12. The van der Waals surface area contributed by atoms with Crippen LogP contribution in [0.25, 0.3) is 0 Å². The number of carbonyl (C=O) groups excluding carboxylic acids is 1. The number of nitrogens with zero attached hydrogens (tertiary/aromatic N) is 1. The fourth-order valence-corrected chi connectivity index (χ4v) is 2.31. The summed E-state index contributed by atoms with van der Waals surface area (Å²) < 4.78 is 15.8. The lowest BCUT2D eigenvalue weighted by molar-refractivity contribution is -0.120. The van der Waals surface area contributed by atoms with Gasteiger partial charge in [-0.25, -0.2) is 4.99 Å². The van der Waals surface area contributed by atoms with Gasteiger partial charge in [0.1, 0.15) is 17.3 Å². The highest BCUT2D eigenvalue weighted by Crippen LogP contribution is 2.25. The van der Waals surface area contributed by atoms with Crippen molar-refractivity contribution in [1.82, 2.24) is 16.0 Å². The minimum Gasteiger partial charge on any atom is -0.497 e. The molecule has 1 aromatic carbocycles. The molecule has 154 valence electrons. The van der Waals surface area contributed by atoms with Crippen LogP contribution in [0.3, 0.4) is 0 Å². The van der Waals surface area contributed by atoms with Crippen LogP contribution in [0.2, 0.25) is 0 Å². The zero-order valence-corrected chi connectivity index (χ0v) is 18.6. The van der Waals surface area contributed by atoms with Gasteiger partial charge in [-0.2, -0.15) is 0 Å². The number of halogens is 1. The van der Waals surface area contributed by atoms with Gasteiger partial charge >= 0.3 is 0 Å². The number of hydrogen-bond acceptors (Lipinski definition) is 5. The molecule has 3 N–H and O–H groups in total. The molecule has 0 saturated heterocycles. The van der Waals surface area contributed by atoms with Crippen LogP contribution in [-0.4, -0.2) is 39.2 Å². The predicted octanol–water partition coefficient (Wildman–Crippen LogP) is 2.29. The third kappa shape index (κ3) is 7.67. The topological polar surface area (TPSA) is 97.1 Å². The Morgan fingerprint density at radius 2 is 1.96 bits per heavy atom. The quantitative estimate of drug-likeness (QED) is 0.277. The number of hydrogen-bond donors (Lipinski definition) is 3. The van der Waals surface area contributed by atoms with Crippen molar-refractivity contribution in [3.05, 3.63) is 47.9 Å². The van der Waals surface area contributed by atoms with Gasteiger partial charge in [0.05, 0.1) is 40.1 Å². The number of ether oxygens (including phenoxy) is 2. The smallest absolute Gasteiger partial charge is 0.239 e. The number of amides is 1. The summed E-state index contributed by atoms with van der Waals surface area (Å²) >= 11 is 0. The van der Waals surface area contributed by atoms with E-state index in [1.54, 1.807) is 26.5 Å². The average Bonchev–Trinajstić information content (AvgIpc) is 3.22. The molecule has 0 aliphatic heterocycles. The second-order valence-electron chi connectivity index (χ2n) is 5.58. The van der Waals surface area contributed by atoms with E-state index in [0.29, 0.717) is 37.1 Å². The van der Waals surface area contributed by atoms with Crippen LogP contribution >= 0.6 is 24.0 Å². The molecular formula is C19H27IN4O4. The van der Waals surface area contributed by atoms with Crippen LogP contribution in [-0.2, 0) is 17.9 Å². The average molecular weight is 502 g/mol. The highest BCUT2D eigenvalue weighted by Gasteiger charge is 2.07. The van der Waals surface area contributed by atoms with Crippen LogP contribution in [0.1, 0.15) is 18.2 Å². The Labute approximate surface area is 182 Å². The summed E-state index contributed by atoms with van der Waals surface area (Å²) in [6.07, 6.45) is 1.57. The first-order valence-corrected chi connectivity index (χ1v) is 8.68. The Morgan fingerprint density at radius 1 is 1.14 bits per heavy atom. The van der Waals surface area contributed by atoms with E-state index in [0.717, 1.165) is 11.3 Å². The molecule has 1 amide bonds. The predicted molar refractivity (Wildman–Crippen MR) is 118 cm³/mol. The molecule has 0 saturated carbocycles. The third-order valence-electron chi connectivity index (χ3n) is 3.70. The number of methoxy groups -OCH3 is 2. The summed E-state index contributed by atoms with van der Waals surface area (Å²) in [6, 6.07) is 9.16. The molecule has 0 bridgehead atoms. The Morgan fingerprint density at radius 3 is 2.61 bits per heavy atom. The van der Waals surface area contributed by atoms with E-state index in [1.165, 1.54) is 0 Å². The molecule has 1 heterocycles. The van der Waals surface area contributed by atoms with E-state index in [2.05, 4.69) is 20.9 Å². The highest BCUT2D eigenvalue weighted by molar-refractivity contribution is 14.0. The number of furan rings is 1. The number of benzene rings is 1. The van der Waals surface area contributed by atoms with Crippen molar-refractivity contribution in [2.45, 2.75) is 20.0 Å². The Balaban J connectivity index is 0.00000392. The molecule has 0 fully saturated rings. The van der Waals surface area contributed by atoms with Gasteiger partial charge in [0.15, 0.2) is 5.96 Å². The van der Waals surface area contributed by atoms with Crippen molar-refractivity contribution >= 4 is 35.8 Å². The van der Waals surface area contributed by atoms with E-state index >= 15 is 0 Å². The van der Waals surface area contributed by atoms with Crippen LogP contribution < -0.4 is 25.4 Å². The summed E-state index contributed by atoms with van der Waals surface area (Å²) in [5.41, 5.74) is 0.915. The maximum absolute atomic E-state index is 12.0. The maximum atomic E-state index is 12.0. The molecular weight excluding hydrogens is 475 g/mol. The minimum absolute atomic E-state index is 0. The second-order valence-corrected chi connectivity index (χ2v) is 5.58. The van der Waals surface area contributed by atoms with Crippen molar-refractivity contribution in [2.75, 3.05) is 27.3 Å². The van der Waals surface area contributed by atoms with E-state index in [1.807, 2.05) is 31.2 Å². The minimum atomic E-state index is -0.154. The zero-order chi connectivity index (χ0) is 19.5. The summed E-state index contributed by atoms with van der Waals surface area (Å²) in [7, 11) is 3.21. The van der Waals surface area contributed by atoms with Crippen molar-refractivity contribution < 1.29 is 18.7 Å². The zero-order valence-electron chi connectivity index (χ0n) is 16.3. The largest absolute Gasteiger partial charge is 0.497 e. The number of carbonyl (C=O) groups is 1. The van der Waals surface area contributed by atoms with Gasteiger partial charge in [-0.1, -0.05) is 0 Å². The molecule has 8 nitrogen and oxygen atoms in total. The lowest BCUT2D eigenvalue weighted by Crippen LogP contribution is -2.43. The fourth-order valence-electron chi connectivity index (χ4n) is 2.31. The Kier molecular flexibility index (Phi) is 10.8. The summed E-state index contributed by atoms with van der Waals surface area (Å²) in [5.74, 6) is 2.51. The van der Waals surface area contributed by atoms with E-state index < -0.39 is 0 Å². The Hall–Kier alpha value is -2.43. The van der Waals surface area contributed by atoms with Crippen LogP contribution in [0.4, 0.5) is 0 Å². The summed E-state index contributed by atoms with van der Waals surface area (Å²) in [6.45, 7) is 3.49. The van der Waals surface area contributed by atoms with E-state index in [9.17, 15) is 4.79 Å². The number of rotatable bonds is 9. The first kappa shape index (κ1) is 23.6. The fraction of sp³-hybridized carbons (Fsp3) is 0.368. The third-order valence-corrected chi connectivity index (χ3v) is 3.70. The highest BCUT2D eigenvalue weighted by atomic mass is 127. The van der Waals surface area contributed by atoms with Crippen molar-refractivity contribution in [3.8, 4) is 11.5 Å². The van der Waals surface area contributed by atoms with E-state index in [-0.39, 0.29) is 36.4 Å². The van der Waals surface area contributed by atoms with Gasteiger partial charge in [-0.15, -0.1) is 24.0 Å². The molecule has 0 atom stereocenters. The first-order chi connectivity index (χ1) is 13.2. The van der Waals surface area contributed by atoms with Crippen molar-refractivity contribution in [1.29, 1.82) is 0 Å². The molecule has 0 unspecified atom stereocenters. The monoisotopic (exact) mass is 502 g/mol. The van der Waals surface area contributed by atoms with Gasteiger partial charge in [-0.05, 0) is 31.2 Å². The number of aliphatic imine (C=N–C) groups is 1. The molecule has 9 heteroatoms. The number of guanidine groups is 1. The Bertz CT molecular complexity index is 750. The molecule has 0 aliphatic carbocycles. The van der Waals surface area contributed by atoms with Crippen LogP contribution in [0.5, 0.6) is 11.5 Å². The molecule has 2 aromatic rings. The van der Waals surface area contributed by atoms with Gasteiger partial charge < -0.3 is 29.8 Å². The van der Waals surface area contributed by atoms with E-state index in [4.69, 9.17) is 13.9 Å². The molecule has 1 aromatic heterocycles. The van der Waals surface area contributed by atoms with Crippen LogP contribution in [0, 0.1) is 0 Å². The molecule has 0 aliphatic rings. The summed E-state index contributed by atoms with van der Waals surface area (Å²) in [5, 5.41) is 8.90. The number of nitrogens with one attached hydrogen (secondary N) is 3. The lowest BCUT2D eigenvalue weighted by atomic mass is 10.2. The van der Waals surface area contributed by atoms with Crippen molar-refractivity contribution in [3.63, 3.8) is 0 Å². The molecule has 0 radical (unpaired) electrons. The standard InChI is InChI=1S/C19H26N4O4.HI/c1-4-20-19(23-13-18(24)21-12-16-6-5-9-27-16)22-11-14-7-8-15(25-2)10-17(14)26-3;/h5-10H,4,11-13H2,1-3H3,(H,21,24)(H2,20,22,23);1H. The molecule has 2 rings (SSSR count).